The molecule has 0 aromatic carbocycles. The van der Waals surface area contributed by atoms with E-state index in [0.717, 1.165) is 51.4 Å². The van der Waals surface area contributed by atoms with Crippen LogP contribution >= 0.6 is 7.82 Å². The lowest BCUT2D eigenvalue weighted by atomic mass is 10.0. The molecule has 0 aliphatic carbocycles. The maximum absolute atomic E-state index is 12.7. The van der Waals surface area contributed by atoms with Gasteiger partial charge in [-0.1, -0.05) is 192 Å². The van der Waals surface area contributed by atoms with Crippen LogP contribution in [-0.4, -0.2) is 70.0 Å². The molecule has 0 amide bonds. The number of carbonyl (C=O) groups is 2. The van der Waals surface area contributed by atoms with E-state index in [1.54, 1.807) is 0 Å². The van der Waals surface area contributed by atoms with E-state index in [1.165, 1.54) is 141 Å². The Labute approximate surface area is 364 Å². The van der Waals surface area contributed by atoms with Crippen LogP contribution in [-0.2, 0) is 32.7 Å². The van der Waals surface area contributed by atoms with Crippen molar-refractivity contribution in [3.8, 4) is 0 Å². The zero-order valence-electron chi connectivity index (χ0n) is 39.2. The standard InChI is InChI=1S/C49H94NO8P/c1-6-8-10-12-14-16-18-20-22-23-24-25-26-27-28-30-32-34-36-38-40-42-49(52)58-47(46-57-59(53,54)56-44-43-50(3,4)5)45-55-48(51)41-39-37-35-33-31-29-21-19-17-15-13-11-9-7-2/h18,20,23-24,47H,6-17,19,21-22,25-46H2,1-5H3/b20-18-,24-23-. The Morgan fingerprint density at radius 2 is 0.915 bits per heavy atom. The monoisotopic (exact) mass is 856 g/mol. The highest BCUT2D eigenvalue weighted by atomic mass is 31.2. The number of hydrogen-bond donors (Lipinski definition) is 0. The second kappa shape index (κ2) is 41.8. The molecule has 59 heavy (non-hydrogen) atoms. The van der Waals surface area contributed by atoms with Crippen LogP contribution in [0.25, 0.3) is 0 Å². The molecule has 10 heteroatoms. The van der Waals surface area contributed by atoms with Crippen LogP contribution in [0.15, 0.2) is 24.3 Å². The van der Waals surface area contributed by atoms with Gasteiger partial charge in [0.15, 0.2) is 6.10 Å². The van der Waals surface area contributed by atoms with E-state index in [9.17, 15) is 19.0 Å². The first-order chi connectivity index (χ1) is 28.5. The van der Waals surface area contributed by atoms with Crippen LogP contribution in [0.3, 0.4) is 0 Å². The Morgan fingerprint density at radius 1 is 0.525 bits per heavy atom. The molecule has 2 unspecified atom stereocenters. The quantitative estimate of drug-likeness (QED) is 0.0196. The predicted molar refractivity (Wildman–Crippen MR) is 245 cm³/mol. The average Bonchev–Trinajstić information content (AvgIpc) is 3.19. The van der Waals surface area contributed by atoms with Gasteiger partial charge in [0.2, 0.25) is 0 Å². The minimum atomic E-state index is -4.62. The fourth-order valence-electron chi connectivity index (χ4n) is 6.86. The van der Waals surface area contributed by atoms with E-state index >= 15 is 0 Å². The zero-order valence-corrected chi connectivity index (χ0v) is 40.1. The lowest BCUT2D eigenvalue weighted by Crippen LogP contribution is -2.37. The molecule has 0 aliphatic heterocycles. The molecule has 348 valence electrons. The molecule has 0 aliphatic rings. The van der Waals surface area contributed by atoms with Gasteiger partial charge >= 0.3 is 11.9 Å². The molecule has 0 aromatic rings. The van der Waals surface area contributed by atoms with Gasteiger partial charge in [-0.05, 0) is 44.9 Å². The number of hydrogen-bond acceptors (Lipinski definition) is 8. The first kappa shape index (κ1) is 57.5. The summed E-state index contributed by atoms with van der Waals surface area (Å²) in [5.74, 6) is -0.829. The molecule has 2 atom stereocenters. The van der Waals surface area contributed by atoms with E-state index in [-0.39, 0.29) is 32.0 Å². The summed E-state index contributed by atoms with van der Waals surface area (Å²) in [4.78, 5) is 37.6. The van der Waals surface area contributed by atoms with E-state index in [2.05, 4.69) is 38.2 Å². The molecule has 0 N–H and O–H groups in total. The Hall–Kier alpha value is -1.51. The van der Waals surface area contributed by atoms with E-state index in [1.807, 2.05) is 21.1 Å². The highest BCUT2D eigenvalue weighted by molar-refractivity contribution is 7.45. The number of carbonyl (C=O) groups excluding carboxylic acids is 2. The molecular formula is C49H94NO8P. The van der Waals surface area contributed by atoms with E-state index in [0.29, 0.717) is 17.4 Å². The van der Waals surface area contributed by atoms with Crippen molar-refractivity contribution in [2.24, 2.45) is 0 Å². The lowest BCUT2D eigenvalue weighted by molar-refractivity contribution is -0.870. The summed E-state index contributed by atoms with van der Waals surface area (Å²) in [6.45, 7) is 4.24. The molecule has 0 radical (unpaired) electrons. The topological polar surface area (TPSA) is 111 Å². The summed E-state index contributed by atoms with van der Waals surface area (Å²) in [6.07, 6.45) is 46.3. The summed E-state index contributed by atoms with van der Waals surface area (Å²) in [7, 11) is 1.17. The second-order valence-electron chi connectivity index (χ2n) is 17.8. The van der Waals surface area contributed by atoms with Crippen molar-refractivity contribution in [1.82, 2.24) is 0 Å². The molecule has 0 fully saturated rings. The van der Waals surface area contributed by atoms with Gasteiger partial charge in [-0.3, -0.25) is 14.2 Å². The largest absolute Gasteiger partial charge is 0.756 e. The minimum absolute atomic E-state index is 0.0296. The summed E-state index contributed by atoms with van der Waals surface area (Å²) in [5.41, 5.74) is 0. The molecule has 0 saturated carbocycles. The van der Waals surface area contributed by atoms with E-state index in [4.69, 9.17) is 18.5 Å². The SMILES string of the molecule is CCCCCCC/C=C\C/C=C\CCCCCCCCCCCC(=O)OC(COC(=O)CCCCCCCCCCCCCCCC)COP(=O)([O-])OCC[N+](C)(C)C. The van der Waals surface area contributed by atoms with Crippen molar-refractivity contribution < 1.29 is 42.1 Å². The number of esters is 2. The number of phosphoric acid groups is 1. The van der Waals surface area contributed by atoms with Crippen molar-refractivity contribution >= 4 is 19.8 Å². The third-order valence-corrected chi connectivity index (χ3v) is 11.7. The highest BCUT2D eigenvalue weighted by Crippen LogP contribution is 2.38. The van der Waals surface area contributed by atoms with Gasteiger partial charge in [-0.15, -0.1) is 0 Å². The van der Waals surface area contributed by atoms with Gasteiger partial charge in [-0.25, -0.2) is 0 Å². The van der Waals surface area contributed by atoms with Crippen LogP contribution in [0, 0.1) is 0 Å². The number of nitrogens with zero attached hydrogens (tertiary/aromatic N) is 1. The molecule has 0 spiro atoms. The first-order valence-electron chi connectivity index (χ1n) is 24.5. The molecule has 0 rings (SSSR count). The maximum atomic E-state index is 12.7. The van der Waals surface area contributed by atoms with Crippen molar-refractivity contribution in [2.45, 2.75) is 232 Å². The summed E-state index contributed by atoms with van der Waals surface area (Å²) in [6, 6.07) is 0. The Morgan fingerprint density at radius 3 is 1.34 bits per heavy atom. The minimum Gasteiger partial charge on any atom is -0.756 e. The van der Waals surface area contributed by atoms with Crippen molar-refractivity contribution in [3.63, 3.8) is 0 Å². The summed E-state index contributed by atoms with van der Waals surface area (Å²) >= 11 is 0. The molecular weight excluding hydrogens is 762 g/mol. The number of rotatable bonds is 45. The van der Waals surface area contributed by atoms with Crippen LogP contribution in [0.1, 0.15) is 226 Å². The zero-order chi connectivity index (χ0) is 43.6. The number of phosphoric ester groups is 1. The fraction of sp³-hybridized carbons (Fsp3) is 0.878. The summed E-state index contributed by atoms with van der Waals surface area (Å²) < 4.78 is 34.0. The number of quaternary nitrogens is 1. The summed E-state index contributed by atoms with van der Waals surface area (Å²) in [5, 5.41) is 0. The third-order valence-electron chi connectivity index (χ3n) is 10.7. The van der Waals surface area contributed by atoms with Gasteiger partial charge in [0.05, 0.1) is 27.7 Å². The number of allylic oxidation sites excluding steroid dienone is 4. The lowest BCUT2D eigenvalue weighted by Gasteiger charge is -2.28. The van der Waals surface area contributed by atoms with Gasteiger partial charge in [0, 0.05) is 12.8 Å². The molecule has 0 aromatic heterocycles. The average molecular weight is 856 g/mol. The molecule has 0 heterocycles. The smallest absolute Gasteiger partial charge is 0.306 e. The fourth-order valence-corrected chi connectivity index (χ4v) is 7.59. The number of unbranched alkanes of at least 4 members (excludes halogenated alkanes) is 27. The van der Waals surface area contributed by atoms with E-state index < -0.39 is 26.5 Å². The number of ether oxygens (including phenoxy) is 2. The van der Waals surface area contributed by atoms with Crippen molar-refractivity contribution in [3.05, 3.63) is 24.3 Å². The second-order valence-corrected chi connectivity index (χ2v) is 19.2. The maximum Gasteiger partial charge on any atom is 0.306 e. The van der Waals surface area contributed by atoms with Crippen molar-refractivity contribution in [2.75, 3.05) is 47.5 Å². The van der Waals surface area contributed by atoms with Gasteiger partial charge in [-0.2, -0.15) is 0 Å². The molecule has 0 saturated heterocycles. The highest BCUT2D eigenvalue weighted by Gasteiger charge is 2.21. The third kappa shape index (κ3) is 45.8. The Balaban J connectivity index is 4.26. The number of likely N-dealkylation sites (N-methyl/N-ethyl adjacent to an activating group) is 1. The Kier molecular flexibility index (Phi) is 40.8. The van der Waals surface area contributed by atoms with Crippen LogP contribution < -0.4 is 4.89 Å². The first-order valence-corrected chi connectivity index (χ1v) is 26.0. The molecule has 0 bridgehead atoms. The molecule has 9 nitrogen and oxygen atoms in total. The predicted octanol–water partition coefficient (Wildman–Crippen LogP) is 13.7. The van der Waals surface area contributed by atoms with Gasteiger partial charge in [0.1, 0.15) is 19.8 Å². The normalized spacial score (nSPS) is 13.7. The Bertz CT molecular complexity index is 1060. The van der Waals surface area contributed by atoms with Crippen LogP contribution in [0.5, 0.6) is 0 Å². The van der Waals surface area contributed by atoms with Gasteiger partial charge in [0.25, 0.3) is 7.82 Å². The van der Waals surface area contributed by atoms with Crippen LogP contribution in [0.4, 0.5) is 0 Å². The van der Waals surface area contributed by atoms with Gasteiger partial charge < -0.3 is 27.9 Å². The van der Waals surface area contributed by atoms with Crippen LogP contribution in [0.2, 0.25) is 0 Å². The van der Waals surface area contributed by atoms with Crippen molar-refractivity contribution in [1.29, 1.82) is 0 Å².